The second kappa shape index (κ2) is 7.58. The largest absolute Gasteiger partial charge is 0.407 e. The molecule has 0 aliphatic carbocycles. The standard InChI is InChI=1S/C20H26ClNOSi/c1-6-7-12-20(23-24(3,4)5)13-8-9-14-22(16-20)19-15-18(21)11-10-17(19)2/h7-11,13-15H,1,12,16H2,2-5H3. The first-order chi connectivity index (χ1) is 11.2. The Hall–Kier alpha value is -1.51. The molecule has 1 aromatic carbocycles. The molecule has 0 saturated heterocycles. The molecule has 24 heavy (non-hydrogen) atoms. The van der Waals surface area contributed by atoms with Crippen LogP contribution >= 0.6 is 11.6 Å². The van der Waals surface area contributed by atoms with Gasteiger partial charge in [0.2, 0.25) is 0 Å². The lowest BCUT2D eigenvalue weighted by Crippen LogP contribution is -2.48. The van der Waals surface area contributed by atoms with Crippen molar-refractivity contribution in [3.05, 3.63) is 71.6 Å². The van der Waals surface area contributed by atoms with Crippen LogP contribution < -0.4 is 4.90 Å². The highest BCUT2D eigenvalue weighted by Gasteiger charge is 2.35. The Kier molecular flexibility index (Phi) is 5.95. The molecular weight excluding hydrogens is 334 g/mol. The van der Waals surface area contributed by atoms with Gasteiger partial charge in [-0.3, -0.25) is 0 Å². The molecule has 0 fully saturated rings. The van der Waals surface area contributed by atoms with Gasteiger partial charge in [-0.2, -0.15) is 0 Å². The van der Waals surface area contributed by atoms with Crippen LogP contribution in [-0.2, 0) is 4.43 Å². The summed E-state index contributed by atoms with van der Waals surface area (Å²) < 4.78 is 6.61. The Morgan fingerprint density at radius 3 is 2.79 bits per heavy atom. The van der Waals surface area contributed by atoms with Crippen LogP contribution in [0.3, 0.4) is 0 Å². The van der Waals surface area contributed by atoms with Crippen LogP contribution in [0.15, 0.2) is 61.0 Å². The summed E-state index contributed by atoms with van der Waals surface area (Å²) in [7, 11) is -1.74. The Balaban J connectivity index is 2.42. The highest BCUT2D eigenvalue weighted by atomic mass is 35.5. The average Bonchev–Trinajstić information content (AvgIpc) is 2.69. The van der Waals surface area contributed by atoms with Crippen molar-refractivity contribution in [3.63, 3.8) is 0 Å². The lowest BCUT2D eigenvalue weighted by molar-refractivity contribution is 0.124. The van der Waals surface area contributed by atoms with Crippen LogP contribution in [0.2, 0.25) is 24.7 Å². The lowest BCUT2D eigenvalue weighted by Gasteiger charge is -2.39. The summed E-state index contributed by atoms with van der Waals surface area (Å²) in [6, 6.07) is 5.98. The molecule has 0 radical (unpaired) electrons. The van der Waals surface area contributed by atoms with E-state index in [1.807, 2.05) is 24.3 Å². The van der Waals surface area contributed by atoms with E-state index in [1.54, 1.807) is 0 Å². The number of hydrogen-bond acceptors (Lipinski definition) is 2. The molecule has 0 saturated carbocycles. The van der Waals surface area contributed by atoms with Crippen molar-refractivity contribution in [2.45, 2.75) is 38.6 Å². The zero-order chi connectivity index (χ0) is 17.8. The quantitative estimate of drug-likeness (QED) is 0.482. The maximum absolute atomic E-state index is 6.61. The molecule has 1 aromatic rings. The van der Waals surface area contributed by atoms with Gasteiger partial charge in [0.1, 0.15) is 0 Å². The summed E-state index contributed by atoms with van der Waals surface area (Å²) in [6.07, 6.45) is 11.1. The van der Waals surface area contributed by atoms with Crippen molar-refractivity contribution < 1.29 is 4.43 Å². The number of anilines is 1. The number of allylic oxidation sites excluding steroid dienone is 2. The molecule has 0 amide bonds. The fourth-order valence-corrected chi connectivity index (χ4v) is 4.53. The van der Waals surface area contributed by atoms with E-state index in [-0.39, 0.29) is 0 Å². The predicted molar refractivity (Wildman–Crippen MR) is 107 cm³/mol. The maximum Gasteiger partial charge on any atom is 0.185 e. The van der Waals surface area contributed by atoms with Crippen LogP contribution in [0.1, 0.15) is 12.0 Å². The van der Waals surface area contributed by atoms with E-state index in [0.717, 1.165) is 23.7 Å². The lowest BCUT2D eigenvalue weighted by atomic mass is 9.98. The van der Waals surface area contributed by atoms with Crippen molar-refractivity contribution >= 4 is 25.6 Å². The van der Waals surface area contributed by atoms with E-state index in [9.17, 15) is 0 Å². The first-order valence-electron chi connectivity index (χ1n) is 8.18. The molecule has 0 N–H and O–H groups in total. The number of hydrogen-bond donors (Lipinski definition) is 0. The smallest absolute Gasteiger partial charge is 0.185 e. The summed E-state index contributed by atoms with van der Waals surface area (Å²) in [5.74, 6) is 0. The SMILES string of the molecule is C=C=CCC1(O[Si](C)(C)C)C=CC=CN(c2cc(Cl)ccc2C)C1. The number of rotatable bonds is 5. The molecule has 0 aromatic heterocycles. The Labute approximate surface area is 151 Å². The molecule has 4 heteroatoms. The Bertz CT molecular complexity index is 698. The normalized spacial score (nSPS) is 20.6. The minimum absolute atomic E-state index is 0.395. The van der Waals surface area contributed by atoms with Gasteiger partial charge in [0.25, 0.3) is 0 Å². The Morgan fingerprint density at radius 2 is 2.12 bits per heavy atom. The van der Waals surface area contributed by atoms with Crippen LogP contribution in [0, 0.1) is 6.92 Å². The van der Waals surface area contributed by atoms with Crippen molar-refractivity contribution in [1.82, 2.24) is 0 Å². The molecule has 0 bridgehead atoms. The molecule has 2 rings (SSSR count). The van der Waals surface area contributed by atoms with Gasteiger partial charge in [-0.05, 0) is 56.4 Å². The molecule has 1 aliphatic rings. The van der Waals surface area contributed by atoms with E-state index >= 15 is 0 Å². The van der Waals surface area contributed by atoms with Crippen molar-refractivity contribution in [3.8, 4) is 0 Å². The van der Waals surface area contributed by atoms with Gasteiger partial charge in [0.15, 0.2) is 8.32 Å². The summed E-state index contributed by atoms with van der Waals surface area (Å²) in [4.78, 5) is 2.22. The topological polar surface area (TPSA) is 12.5 Å². The summed E-state index contributed by atoms with van der Waals surface area (Å²) >= 11 is 6.22. The van der Waals surface area contributed by atoms with E-state index in [0.29, 0.717) is 0 Å². The zero-order valence-corrected chi connectivity index (χ0v) is 16.7. The third-order valence-electron chi connectivity index (χ3n) is 3.80. The number of aryl methyl sites for hydroxylation is 1. The zero-order valence-electron chi connectivity index (χ0n) is 15.0. The molecule has 128 valence electrons. The third-order valence-corrected chi connectivity index (χ3v) is 5.05. The number of benzene rings is 1. The molecule has 1 unspecified atom stereocenters. The van der Waals surface area contributed by atoms with E-state index < -0.39 is 13.9 Å². The molecule has 1 atom stereocenters. The first-order valence-corrected chi connectivity index (χ1v) is 12.0. The molecule has 1 heterocycles. The van der Waals surface area contributed by atoms with Gasteiger partial charge in [0, 0.05) is 23.3 Å². The minimum Gasteiger partial charge on any atom is -0.407 e. The summed E-state index contributed by atoms with van der Waals surface area (Å²) in [6.45, 7) is 13.2. The van der Waals surface area contributed by atoms with Gasteiger partial charge in [-0.1, -0.05) is 36.4 Å². The van der Waals surface area contributed by atoms with Crippen molar-refractivity contribution in [2.75, 3.05) is 11.4 Å². The fraction of sp³-hybridized carbons (Fsp3) is 0.350. The van der Waals surface area contributed by atoms with Crippen molar-refractivity contribution in [1.29, 1.82) is 0 Å². The van der Waals surface area contributed by atoms with Crippen LogP contribution in [0.4, 0.5) is 5.69 Å². The second-order valence-corrected chi connectivity index (χ2v) is 12.0. The highest BCUT2D eigenvalue weighted by molar-refractivity contribution is 6.69. The first kappa shape index (κ1) is 18.8. The molecule has 2 nitrogen and oxygen atoms in total. The van der Waals surface area contributed by atoms with Crippen molar-refractivity contribution in [2.24, 2.45) is 0 Å². The van der Waals surface area contributed by atoms with E-state index in [1.165, 1.54) is 5.56 Å². The van der Waals surface area contributed by atoms with E-state index in [4.69, 9.17) is 16.0 Å². The van der Waals surface area contributed by atoms with E-state index in [2.05, 4.69) is 68.2 Å². The molecule has 1 aliphatic heterocycles. The second-order valence-electron chi connectivity index (χ2n) is 7.15. The van der Waals surface area contributed by atoms with Gasteiger partial charge >= 0.3 is 0 Å². The van der Waals surface area contributed by atoms with Gasteiger partial charge < -0.3 is 9.33 Å². The van der Waals surface area contributed by atoms with Gasteiger partial charge in [-0.15, -0.1) is 5.73 Å². The van der Waals surface area contributed by atoms with Gasteiger partial charge in [0.05, 0.1) is 12.1 Å². The monoisotopic (exact) mass is 359 g/mol. The van der Waals surface area contributed by atoms with Crippen LogP contribution in [0.5, 0.6) is 0 Å². The van der Waals surface area contributed by atoms with Crippen LogP contribution in [0.25, 0.3) is 0 Å². The summed E-state index contributed by atoms with van der Waals surface area (Å²) in [5.41, 5.74) is 4.78. The Morgan fingerprint density at radius 1 is 1.38 bits per heavy atom. The number of nitrogens with zero attached hydrogens (tertiary/aromatic N) is 1. The highest BCUT2D eigenvalue weighted by Crippen LogP contribution is 2.32. The van der Waals surface area contributed by atoms with Crippen LogP contribution in [-0.4, -0.2) is 20.5 Å². The maximum atomic E-state index is 6.61. The summed E-state index contributed by atoms with van der Waals surface area (Å²) in [5, 5.41) is 0.740. The predicted octanol–water partition coefficient (Wildman–Crippen LogP) is 5.86. The third kappa shape index (κ3) is 4.99. The average molecular weight is 360 g/mol. The molecule has 0 spiro atoms. The molecular formula is C20H26ClNOSi. The van der Waals surface area contributed by atoms with Gasteiger partial charge in [-0.25, -0.2) is 0 Å². The fourth-order valence-electron chi connectivity index (χ4n) is 2.93. The number of halogens is 1. The minimum atomic E-state index is -1.74.